The molecule has 24 heavy (non-hydrogen) atoms. The summed E-state index contributed by atoms with van der Waals surface area (Å²) in [5, 5.41) is 11.1. The molecule has 2 aromatic heterocycles. The van der Waals surface area contributed by atoms with Gasteiger partial charge in [0.1, 0.15) is 17.6 Å². The van der Waals surface area contributed by atoms with Crippen LogP contribution in [0.4, 0.5) is 5.69 Å². The molecule has 0 bridgehead atoms. The lowest BCUT2D eigenvalue weighted by Gasteiger charge is -1.98. The molecule has 0 spiro atoms. The predicted molar refractivity (Wildman–Crippen MR) is 89.0 cm³/mol. The average Bonchev–Trinajstić information content (AvgIpc) is 2.97. The second-order valence-electron chi connectivity index (χ2n) is 5.16. The van der Waals surface area contributed by atoms with E-state index in [2.05, 4.69) is 20.9 Å². The summed E-state index contributed by atoms with van der Waals surface area (Å²) in [4.78, 5) is 15.1. The third-order valence-corrected chi connectivity index (χ3v) is 4.08. The number of non-ortho nitro benzene ring substituents is 1. The van der Waals surface area contributed by atoms with E-state index in [1.807, 2.05) is 36.9 Å². The van der Waals surface area contributed by atoms with E-state index in [0.29, 0.717) is 23.4 Å². The van der Waals surface area contributed by atoms with Gasteiger partial charge in [0.05, 0.1) is 9.40 Å². The number of aryl methyl sites for hydroxylation is 2. The van der Waals surface area contributed by atoms with E-state index in [1.165, 1.54) is 6.07 Å². The first-order chi connectivity index (χ1) is 11.0. The summed E-state index contributed by atoms with van der Waals surface area (Å²) >= 11 is 3.47. The summed E-state index contributed by atoms with van der Waals surface area (Å²) in [6.07, 6.45) is 4.55. The number of benzene rings is 1. The monoisotopic (exact) mass is 503 g/mol. The first kappa shape index (κ1) is 18.8. The molecule has 6 nitrogen and oxygen atoms in total. The van der Waals surface area contributed by atoms with E-state index in [-0.39, 0.29) is 29.7 Å². The normalized spacial score (nSPS) is 10.6. The van der Waals surface area contributed by atoms with Gasteiger partial charge in [-0.2, -0.15) is 0 Å². The zero-order valence-electron chi connectivity index (χ0n) is 13.1. The molecule has 0 atom stereocenters. The lowest BCUT2D eigenvalue weighted by Crippen LogP contribution is -3.00. The summed E-state index contributed by atoms with van der Waals surface area (Å²) < 4.78 is 8.83. The van der Waals surface area contributed by atoms with Gasteiger partial charge >= 0.3 is 0 Å². The number of nitro benzene ring substituents is 1. The predicted octanol–water partition coefficient (Wildman–Crippen LogP) is 1.04. The van der Waals surface area contributed by atoms with Crippen molar-refractivity contribution in [3.63, 3.8) is 0 Å². The summed E-state index contributed by atoms with van der Waals surface area (Å²) in [5.74, 6) is 0.457. The molecule has 0 N–H and O–H groups in total. The van der Waals surface area contributed by atoms with Gasteiger partial charge in [-0.15, -0.1) is 0 Å². The molecule has 8 heteroatoms. The van der Waals surface area contributed by atoms with Crippen LogP contribution >= 0.6 is 15.9 Å². The van der Waals surface area contributed by atoms with Crippen LogP contribution in [-0.2, 0) is 13.0 Å². The van der Waals surface area contributed by atoms with Crippen molar-refractivity contribution in [2.75, 3.05) is 0 Å². The molecule has 0 amide bonds. The Labute approximate surface area is 164 Å². The fourth-order valence-corrected chi connectivity index (χ4v) is 2.98. The first-order valence-corrected chi connectivity index (χ1v) is 8.09. The topological polar surface area (TPSA) is 73.1 Å². The van der Waals surface area contributed by atoms with E-state index < -0.39 is 4.92 Å². The molecule has 0 aliphatic rings. The van der Waals surface area contributed by atoms with E-state index in [9.17, 15) is 10.1 Å². The van der Waals surface area contributed by atoms with Gasteiger partial charge < -0.3 is 28.4 Å². The van der Waals surface area contributed by atoms with E-state index in [0.717, 1.165) is 22.1 Å². The number of fused-ring (bicyclic) bond motifs is 1. The molecule has 0 aliphatic carbocycles. The number of oxazole rings is 1. The van der Waals surface area contributed by atoms with Crippen LogP contribution in [-0.4, -0.2) is 9.91 Å². The minimum Gasteiger partial charge on any atom is -1.00 e. The van der Waals surface area contributed by atoms with Gasteiger partial charge in [0.25, 0.3) is 5.69 Å². The Morgan fingerprint density at radius 1 is 1.29 bits per heavy atom. The fraction of sp³-hybridized carbons (Fsp3) is 0.250. The summed E-state index contributed by atoms with van der Waals surface area (Å²) in [5.41, 5.74) is 2.76. The maximum atomic E-state index is 11.1. The van der Waals surface area contributed by atoms with Crippen molar-refractivity contribution in [3.8, 4) is 11.5 Å². The molecule has 0 radical (unpaired) electrons. The Morgan fingerprint density at radius 3 is 2.67 bits per heavy atom. The van der Waals surface area contributed by atoms with Crippen LogP contribution in [0.1, 0.15) is 19.4 Å². The molecule has 2 heterocycles. The van der Waals surface area contributed by atoms with E-state index in [1.54, 1.807) is 6.07 Å². The number of nitro groups is 1. The Kier molecular flexibility index (Phi) is 5.92. The average molecular weight is 504 g/mol. The lowest BCUT2D eigenvalue weighted by molar-refractivity contribution is -0.693. The highest BCUT2D eigenvalue weighted by Crippen LogP contribution is 2.30. The Morgan fingerprint density at radius 2 is 2.04 bits per heavy atom. The largest absolute Gasteiger partial charge is 1.00 e. The van der Waals surface area contributed by atoms with Crippen LogP contribution in [0.5, 0.6) is 0 Å². The number of hydrogen-bond donors (Lipinski definition) is 0. The zero-order chi connectivity index (χ0) is 16.6. The van der Waals surface area contributed by atoms with Crippen molar-refractivity contribution < 1.29 is 37.9 Å². The van der Waals surface area contributed by atoms with Gasteiger partial charge in [0.2, 0.25) is 5.89 Å². The molecule has 3 aromatic rings. The van der Waals surface area contributed by atoms with Gasteiger partial charge in [-0.25, -0.2) is 9.55 Å². The van der Waals surface area contributed by atoms with Crippen LogP contribution in [0.25, 0.3) is 22.6 Å². The van der Waals surface area contributed by atoms with E-state index in [4.69, 9.17) is 4.42 Å². The van der Waals surface area contributed by atoms with Gasteiger partial charge in [-0.1, -0.05) is 6.92 Å². The minimum atomic E-state index is -0.406. The third kappa shape index (κ3) is 3.59. The molecule has 0 fully saturated rings. The number of halogens is 2. The standard InChI is InChI=1S/C16H15BrN3O3.HI/c1-3-10-6-13(20(21)22)7-14-15(10)23-16(18-14)11-5-12(17)9-19(4-2)8-11;/h5-9H,3-4H2,1-2H3;1H/q+1;/p-1. The Bertz CT molecular complexity index is 911. The number of pyridine rings is 1. The highest BCUT2D eigenvalue weighted by molar-refractivity contribution is 9.10. The number of rotatable bonds is 4. The minimum absolute atomic E-state index is 0. The van der Waals surface area contributed by atoms with Gasteiger partial charge in [0.15, 0.2) is 18.0 Å². The van der Waals surface area contributed by atoms with Crippen LogP contribution in [0.3, 0.4) is 0 Å². The number of hydrogen-bond acceptors (Lipinski definition) is 4. The van der Waals surface area contributed by atoms with Crippen LogP contribution in [0.15, 0.2) is 39.5 Å². The first-order valence-electron chi connectivity index (χ1n) is 7.29. The highest BCUT2D eigenvalue weighted by Gasteiger charge is 2.18. The maximum absolute atomic E-state index is 11.1. The van der Waals surface area contributed by atoms with Crippen LogP contribution in [0, 0.1) is 10.1 Å². The molecular formula is C16H15BrIN3O3. The molecular weight excluding hydrogens is 489 g/mol. The molecule has 1 aromatic carbocycles. The fourth-order valence-electron chi connectivity index (χ4n) is 2.47. The quantitative estimate of drug-likeness (QED) is 0.231. The third-order valence-electron chi connectivity index (χ3n) is 3.64. The molecule has 0 saturated carbocycles. The molecule has 0 aliphatic heterocycles. The second kappa shape index (κ2) is 7.56. The Balaban J connectivity index is 0.00000208. The van der Waals surface area contributed by atoms with Gasteiger partial charge in [0, 0.05) is 17.7 Å². The SMILES string of the molecule is CCc1cc([N+](=O)[O-])cc2nc(-c3cc(Br)c[n+](CC)c3)oc12.[I-]. The van der Waals surface area contributed by atoms with Crippen molar-refractivity contribution >= 4 is 32.7 Å². The lowest BCUT2D eigenvalue weighted by atomic mass is 10.1. The number of aromatic nitrogens is 2. The summed E-state index contributed by atoms with van der Waals surface area (Å²) in [6.45, 7) is 4.80. The highest BCUT2D eigenvalue weighted by atomic mass is 127. The van der Waals surface area contributed by atoms with Crippen molar-refractivity contribution in [3.05, 3.63) is 50.7 Å². The van der Waals surface area contributed by atoms with Gasteiger partial charge in [-0.3, -0.25) is 10.1 Å². The van der Waals surface area contributed by atoms with Crippen molar-refractivity contribution in [1.82, 2.24) is 4.98 Å². The smallest absolute Gasteiger partial charge is 0.272 e. The van der Waals surface area contributed by atoms with E-state index >= 15 is 0 Å². The van der Waals surface area contributed by atoms with Crippen LogP contribution < -0.4 is 28.5 Å². The zero-order valence-corrected chi connectivity index (χ0v) is 16.9. The maximum Gasteiger partial charge on any atom is 0.272 e. The molecule has 126 valence electrons. The Hall–Kier alpha value is -1.55. The summed E-state index contributed by atoms with van der Waals surface area (Å²) in [6, 6.07) is 4.91. The van der Waals surface area contributed by atoms with Crippen molar-refractivity contribution in [2.24, 2.45) is 0 Å². The van der Waals surface area contributed by atoms with Crippen molar-refractivity contribution in [2.45, 2.75) is 26.8 Å². The van der Waals surface area contributed by atoms with Crippen LogP contribution in [0.2, 0.25) is 0 Å². The second-order valence-corrected chi connectivity index (χ2v) is 6.07. The van der Waals surface area contributed by atoms with Crippen molar-refractivity contribution in [1.29, 1.82) is 0 Å². The van der Waals surface area contributed by atoms with Gasteiger partial charge in [-0.05, 0) is 35.3 Å². The molecule has 0 saturated heterocycles. The summed E-state index contributed by atoms with van der Waals surface area (Å²) in [7, 11) is 0. The molecule has 3 rings (SSSR count). The number of nitrogens with zero attached hydrogens (tertiary/aromatic N) is 3. The molecule has 0 unspecified atom stereocenters.